The Balaban J connectivity index is 3.08. The van der Waals surface area contributed by atoms with Crippen LogP contribution in [0.2, 0.25) is 0 Å². The molecule has 0 spiro atoms. The second-order valence-corrected chi connectivity index (χ2v) is 1.57. The van der Waals surface area contributed by atoms with Crippen molar-refractivity contribution in [1.29, 1.82) is 0 Å². The molecule has 2 heteroatoms. The third-order valence-electron chi connectivity index (χ3n) is 0.539. The standard InChI is InChI=1S/C5H12N2/c1-6-4-5-7(2)3/h4-6H,1-3H3. The highest BCUT2D eigenvalue weighted by Gasteiger charge is 1.68. The van der Waals surface area contributed by atoms with Gasteiger partial charge in [0.2, 0.25) is 0 Å². The van der Waals surface area contributed by atoms with Crippen molar-refractivity contribution < 1.29 is 0 Å². The van der Waals surface area contributed by atoms with Gasteiger partial charge in [0.25, 0.3) is 0 Å². The van der Waals surface area contributed by atoms with Crippen molar-refractivity contribution in [3.05, 3.63) is 12.4 Å². The van der Waals surface area contributed by atoms with E-state index in [9.17, 15) is 0 Å². The Labute approximate surface area is 44.8 Å². The van der Waals surface area contributed by atoms with Crippen molar-refractivity contribution in [1.82, 2.24) is 10.2 Å². The van der Waals surface area contributed by atoms with Crippen molar-refractivity contribution in [3.8, 4) is 0 Å². The molecule has 0 aromatic rings. The van der Waals surface area contributed by atoms with Crippen LogP contribution < -0.4 is 5.32 Å². The van der Waals surface area contributed by atoms with E-state index in [4.69, 9.17) is 0 Å². The third-order valence-corrected chi connectivity index (χ3v) is 0.539. The molecule has 7 heavy (non-hydrogen) atoms. The lowest BCUT2D eigenvalue weighted by Crippen LogP contribution is -2.03. The van der Waals surface area contributed by atoms with Gasteiger partial charge in [-0.3, -0.25) is 0 Å². The molecule has 0 fully saturated rings. The Kier molecular flexibility index (Phi) is 3.19. The van der Waals surface area contributed by atoms with Crippen molar-refractivity contribution in [3.63, 3.8) is 0 Å². The van der Waals surface area contributed by atoms with E-state index >= 15 is 0 Å². The first kappa shape index (κ1) is 6.34. The van der Waals surface area contributed by atoms with Crippen LogP contribution in [0, 0.1) is 0 Å². The summed E-state index contributed by atoms with van der Waals surface area (Å²) < 4.78 is 0. The number of nitrogens with one attached hydrogen (secondary N) is 1. The van der Waals surface area contributed by atoms with Crippen molar-refractivity contribution in [2.24, 2.45) is 0 Å². The summed E-state index contributed by atoms with van der Waals surface area (Å²) >= 11 is 0. The average molecular weight is 100 g/mol. The maximum absolute atomic E-state index is 2.88. The van der Waals surface area contributed by atoms with E-state index in [0.717, 1.165) is 0 Å². The molecular weight excluding hydrogens is 88.1 g/mol. The third kappa shape index (κ3) is 5.34. The molecule has 0 radical (unpaired) electrons. The smallest absolute Gasteiger partial charge is 0.0145 e. The minimum absolute atomic E-state index is 1.88. The monoisotopic (exact) mass is 100 g/mol. The fourth-order valence-corrected chi connectivity index (χ4v) is 0.224. The van der Waals surface area contributed by atoms with Gasteiger partial charge in [-0.2, -0.15) is 0 Å². The van der Waals surface area contributed by atoms with Crippen LogP contribution in [0.4, 0.5) is 0 Å². The topological polar surface area (TPSA) is 15.3 Å². The van der Waals surface area contributed by atoms with Crippen LogP contribution in [0.3, 0.4) is 0 Å². The van der Waals surface area contributed by atoms with Gasteiger partial charge in [-0.05, 0) is 0 Å². The second-order valence-electron chi connectivity index (χ2n) is 1.57. The molecule has 0 unspecified atom stereocenters. The van der Waals surface area contributed by atoms with Crippen LogP contribution in [0.5, 0.6) is 0 Å². The summed E-state index contributed by atoms with van der Waals surface area (Å²) in [5.41, 5.74) is 0. The van der Waals surface area contributed by atoms with E-state index in [0.29, 0.717) is 0 Å². The molecule has 0 saturated carbocycles. The summed E-state index contributed by atoms with van der Waals surface area (Å²) in [6.45, 7) is 0. The highest BCUT2D eigenvalue weighted by atomic mass is 15.0. The minimum atomic E-state index is 1.88. The van der Waals surface area contributed by atoms with Gasteiger partial charge in [0.15, 0.2) is 0 Å². The Morgan fingerprint density at radius 3 is 2.14 bits per heavy atom. The van der Waals surface area contributed by atoms with Crippen molar-refractivity contribution >= 4 is 0 Å². The van der Waals surface area contributed by atoms with Gasteiger partial charge in [-0.25, -0.2) is 0 Å². The van der Waals surface area contributed by atoms with Gasteiger partial charge in [0.1, 0.15) is 0 Å². The Morgan fingerprint density at radius 2 is 2.00 bits per heavy atom. The molecule has 2 nitrogen and oxygen atoms in total. The maximum atomic E-state index is 2.88. The lowest BCUT2D eigenvalue weighted by molar-refractivity contribution is 0.560. The summed E-state index contributed by atoms with van der Waals surface area (Å²) in [5, 5.41) is 2.88. The molecule has 0 heterocycles. The van der Waals surface area contributed by atoms with Gasteiger partial charge >= 0.3 is 0 Å². The second kappa shape index (κ2) is 3.53. The minimum Gasteiger partial charge on any atom is -0.393 e. The van der Waals surface area contributed by atoms with Crippen LogP contribution in [-0.2, 0) is 0 Å². The quantitative estimate of drug-likeness (QED) is 0.534. The fourth-order valence-electron chi connectivity index (χ4n) is 0.224. The van der Waals surface area contributed by atoms with E-state index in [1.54, 1.807) is 0 Å². The Hall–Kier alpha value is -0.660. The van der Waals surface area contributed by atoms with Crippen molar-refractivity contribution in [2.75, 3.05) is 21.1 Å². The van der Waals surface area contributed by atoms with Crippen molar-refractivity contribution in [2.45, 2.75) is 0 Å². The van der Waals surface area contributed by atoms with E-state index in [-0.39, 0.29) is 0 Å². The molecule has 0 rings (SSSR count). The highest BCUT2D eigenvalue weighted by Crippen LogP contribution is 1.70. The van der Waals surface area contributed by atoms with E-state index in [2.05, 4.69) is 5.32 Å². The summed E-state index contributed by atoms with van der Waals surface area (Å²) in [6.07, 6.45) is 3.82. The average Bonchev–Trinajstić information content (AvgIpc) is 1.61. The molecule has 0 bridgehead atoms. The van der Waals surface area contributed by atoms with E-state index in [1.165, 1.54) is 0 Å². The van der Waals surface area contributed by atoms with Crippen LogP contribution in [0.25, 0.3) is 0 Å². The molecule has 0 aromatic carbocycles. The zero-order valence-corrected chi connectivity index (χ0v) is 5.10. The SMILES string of the molecule is CNC=CN(C)C. The van der Waals surface area contributed by atoms with E-state index in [1.807, 2.05) is 38.4 Å². The number of rotatable bonds is 2. The van der Waals surface area contributed by atoms with E-state index < -0.39 is 0 Å². The lowest BCUT2D eigenvalue weighted by Gasteiger charge is -2.01. The molecule has 0 aliphatic heterocycles. The first-order valence-corrected chi connectivity index (χ1v) is 2.27. The van der Waals surface area contributed by atoms with Gasteiger partial charge in [0, 0.05) is 33.5 Å². The predicted octanol–water partition coefficient (Wildman–Crippen LogP) is 0.239. The zero-order chi connectivity index (χ0) is 5.70. The maximum Gasteiger partial charge on any atom is 0.0145 e. The molecular formula is C5H12N2. The number of hydrogen-bond donors (Lipinski definition) is 1. The highest BCUT2D eigenvalue weighted by molar-refractivity contribution is 4.73. The lowest BCUT2D eigenvalue weighted by atomic mass is 10.8. The molecule has 42 valence electrons. The summed E-state index contributed by atoms with van der Waals surface area (Å²) in [7, 11) is 5.84. The first-order chi connectivity index (χ1) is 3.27. The molecule has 0 atom stereocenters. The molecule has 0 amide bonds. The fraction of sp³-hybridized carbons (Fsp3) is 0.600. The molecule has 0 aromatic heterocycles. The number of hydrogen-bond acceptors (Lipinski definition) is 2. The van der Waals surface area contributed by atoms with Crippen LogP contribution >= 0.6 is 0 Å². The normalized spacial score (nSPS) is 9.57. The van der Waals surface area contributed by atoms with Gasteiger partial charge < -0.3 is 10.2 Å². The van der Waals surface area contributed by atoms with Gasteiger partial charge in [-0.1, -0.05) is 0 Å². The summed E-state index contributed by atoms with van der Waals surface area (Å²) in [4.78, 5) is 1.97. The molecule has 0 saturated heterocycles. The van der Waals surface area contributed by atoms with Gasteiger partial charge in [-0.15, -0.1) is 0 Å². The summed E-state index contributed by atoms with van der Waals surface area (Å²) in [6, 6.07) is 0. The summed E-state index contributed by atoms with van der Waals surface area (Å²) in [5.74, 6) is 0. The zero-order valence-electron chi connectivity index (χ0n) is 5.10. The van der Waals surface area contributed by atoms with Crippen LogP contribution in [0.15, 0.2) is 12.4 Å². The molecule has 0 aliphatic rings. The molecule has 0 aliphatic carbocycles. The van der Waals surface area contributed by atoms with Crippen LogP contribution in [0.1, 0.15) is 0 Å². The van der Waals surface area contributed by atoms with Gasteiger partial charge in [0.05, 0.1) is 0 Å². The Morgan fingerprint density at radius 1 is 1.43 bits per heavy atom. The van der Waals surface area contributed by atoms with Crippen LogP contribution in [-0.4, -0.2) is 26.0 Å². The number of nitrogens with zero attached hydrogens (tertiary/aromatic N) is 1. The Bertz CT molecular complexity index is 57.1. The first-order valence-electron chi connectivity index (χ1n) is 2.27. The predicted molar refractivity (Wildman–Crippen MR) is 31.9 cm³/mol. The molecule has 1 N–H and O–H groups in total. The largest absolute Gasteiger partial charge is 0.393 e.